The van der Waals surface area contributed by atoms with E-state index in [2.05, 4.69) is 13.0 Å². The first kappa shape index (κ1) is 28.2. The van der Waals surface area contributed by atoms with Crippen LogP contribution in [0, 0.1) is 0 Å². The van der Waals surface area contributed by atoms with Crippen LogP contribution < -0.4 is 34.3 Å². The van der Waals surface area contributed by atoms with Crippen LogP contribution in [0.3, 0.4) is 0 Å². The molecule has 0 heterocycles. The fourth-order valence-electron chi connectivity index (χ4n) is 3.59. The van der Waals surface area contributed by atoms with E-state index in [1.807, 2.05) is 18.2 Å². The molecular weight excluding hydrogens is 419 g/mol. The third-order valence-corrected chi connectivity index (χ3v) is 6.21. The van der Waals surface area contributed by atoms with Crippen molar-refractivity contribution < 1.29 is 47.3 Å². The van der Waals surface area contributed by atoms with Gasteiger partial charge in [-0.3, -0.25) is 0 Å². The Bertz CT molecular complexity index is 835. The van der Waals surface area contributed by atoms with Gasteiger partial charge in [0.2, 0.25) is 0 Å². The number of rotatable bonds is 15. The summed E-state index contributed by atoms with van der Waals surface area (Å²) in [5.41, 5.74) is 1.15. The second kappa shape index (κ2) is 15.9. The van der Waals surface area contributed by atoms with Gasteiger partial charge in [0.1, 0.15) is 21.6 Å². The van der Waals surface area contributed by atoms with Gasteiger partial charge in [0.25, 0.3) is 0 Å². The Labute approximate surface area is 210 Å². The molecule has 4 nitrogen and oxygen atoms in total. The Morgan fingerprint density at radius 1 is 0.742 bits per heavy atom. The first-order valence-electron chi connectivity index (χ1n) is 11.3. The molecule has 2 aromatic rings. The van der Waals surface area contributed by atoms with E-state index in [0.717, 1.165) is 24.2 Å². The molecule has 0 aliphatic carbocycles. The molecule has 0 radical (unpaired) electrons. The fourth-order valence-corrected chi connectivity index (χ4v) is 4.06. The Morgan fingerprint density at radius 2 is 1.26 bits per heavy atom. The summed E-state index contributed by atoms with van der Waals surface area (Å²) in [6, 6.07) is 13.5. The zero-order chi connectivity index (χ0) is 21.7. The predicted octanol–water partition coefficient (Wildman–Crippen LogP) is 4.24. The van der Waals surface area contributed by atoms with Crippen LogP contribution in [-0.4, -0.2) is 13.0 Å². The molecule has 6 heteroatoms. The Hall–Kier alpha value is -0.850. The normalized spacial score (nSPS) is 11.2. The molecule has 0 atom stereocenters. The van der Waals surface area contributed by atoms with Crippen LogP contribution in [-0.2, 0) is 16.5 Å². The first-order valence-corrected chi connectivity index (χ1v) is 12.7. The molecule has 0 saturated carbocycles. The van der Waals surface area contributed by atoms with E-state index in [1.165, 1.54) is 88.5 Å². The zero-order valence-corrected chi connectivity index (χ0v) is 22.0. The van der Waals surface area contributed by atoms with Gasteiger partial charge in [-0.1, -0.05) is 89.3 Å². The van der Waals surface area contributed by atoms with Gasteiger partial charge in [-0.05, 0) is 48.7 Å². The molecule has 0 aliphatic heterocycles. The number of ether oxygens (including phenoxy) is 1. The average Bonchev–Trinajstić information content (AvgIpc) is 2.73. The van der Waals surface area contributed by atoms with Crippen molar-refractivity contribution in [1.82, 2.24) is 0 Å². The minimum atomic E-state index is -4.44. The number of benzene rings is 2. The predicted molar refractivity (Wildman–Crippen MR) is 121 cm³/mol. The third kappa shape index (κ3) is 11.5. The first-order chi connectivity index (χ1) is 14.5. The molecular formula is C25H35NaO4S. The summed E-state index contributed by atoms with van der Waals surface area (Å²) in [6.07, 6.45) is 15.5. The Morgan fingerprint density at radius 3 is 1.81 bits per heavy atom. The van der Waals surface area contributed by atoms with Crippen LogP contribution in [0.1, 0.15) is 83.1 Å². The van der Waals surface area contributed by atoms with Gasteiger partial charge in [-0.2, -0.15) is 0 Å². The van der Waals surface area contributed by atoms with E-state index in [1.54, 1.807) is 0 Å². The summed E-state index contributed by atoms with van der Waals surface area (Å²) < 4.78 is 39.1. The van der Waals surface area contributed by atoms with Crippen LogP contribution in [0.2, 0.25) is 0 Å². The van der Waals surface area contributed by atoms with Gasteiger partial charge in [0, 0.05) is 0 Å². The molecule has 0 bridgehead atoms. The van der Waals surface area contributed by atoms with E-state index in [-0.39, 0.29) is 34.5 Å². The number of para-hydroxylation sites is 1. The molecule has 31 heavy (non-hydrogen) atoms. The molecule has 0 N–H and O–H groups in total. The summed E-state index contributed by atoms with van der Waals surface area (Å²) in [5, 5.41) is 0. The number of hydrogen-bond acceptors (Lipinski definition) is 4. The van der Waals surface area contributed by atoms with E-state index >= 15 is 0 Å². The van der Waals surface area contributed by atoms with E-state index in [9.17, 15) is 13.0 Å². The molecule has 0 amide bonds. The maximum absolute atomic E-state index is 11.0. The molecule has 0 spiro atoms. The third-order valence-electron chi connectivity index (χ3n) is 5.36. The van der Waals surface area contributed by atoms with Crippen molar-refractivity contribution in [2.24, 2.45) is 0 Å². The van der Waals surface area contributed by atoms with Crippen LogP contribution >= 0.6 is 0 Å². The fraction of sp³-hybridized carbons (Fsp3) is 0.520. The average molecular weight is 455 g/mol. The quantitative estimate of drug-likeness (QED) is 0.229. The number of hydrogen-bond donors (Lipinski definition) is 0. The van der Waals surface area contributed by atoms with Crippen molar-refractivity contribution in [2.75, 3.05) is 0 Å². The molecule has 0 saturated heterocycles. The Balaban J connectivity index is 0.00000480. The van der Waals surface area contributed by atoms with Crippen molar-refractivity contribution in [2.45, 2.75) is 88.9 Å². The monoisotopic (exact) mass is 454 g/mol. The van der Waals surface area contributed by atoms with E-state index < -0.39 is 10.1 Å². The maximum Gasteiger partial charge on any atom is 1.00 e. The van der Waals surface area contributed by atoms with Crippen LogP contribution in [0.5, 0.6) is 11.5 Å². The van der Waals surface area contributed by atoms with Gasteiger partial charge in [-0.15, -0.1) is 0 Å². The number of unbranched alkanes of at least 4 members (excludes halogenated alkanes) is 10. The van der Waals surface area contributed by atoms with Crippen molar-refractivity contribution >= 4 is 10.1 Å². The smallest absolute Gasteiger partial charge is 0.744 e. The van der Waals surface area contributed by atoms with Crippen molar-refractivity contribution in [3.8, 4) is 11.5 Å². The van der Waals surface area contributed by atoms with Gasteiger partial charge in [-0.25, -0.2) is 8.42 Å². The minimum Gasteiger partial charge on any atom is -0.744 e. The van der Waals surface area contributed by atoms with Crippen LogP contribution in [0.4, 0.5) is 0 Å². The van der Waals surface area contributed by atoms with Gasteiger partial charge in [0.05, 0.1) is 4.90 Å². The molecule has 166 valence electrons. The molecule has 2 aromatic carbocycles. The number of aryl methyl sites for hydroxylation is 1. The van der Waals surface area contributed by atoms with Crippen LogP contribution in [0.25, 0.3) is 0 Å². The van der Waals surface area contributed by atoms with E-state index in [4.69, 9.17) is 4.74 Å². The molecule has 0 aromatic heterocycles. The van der Waals surface area contributed by atoms with Crippen molar-refractivity contribution in [3.05, 3.63) is 54.1 Å². The standard InChI is InChI=1S/C25H36O4S.Na/c1-2-3-4-5-6-7-8-9-10-11-12-15-22-16-13-14-17-25(22)29-23-18-20-24(21-19-23)30(26,27)28;/h13-14,16-21H,2-12,15H2,1H3,(H,26,27,28);/q;+1/p-1. The summed E-state index contributed by atoms with van der Waals surface area (Å²) in [5.74, 6) is 1.30. The second-order valence-corrected chi connectivity index (χ2v) is 9.30. The maximum atomic E-state index is 11.0. The molecule has 0 unspecified atom stereocenters. The summed E-state index contributed by atoms with van der Waals surface area (Å²) in [6.45, 7) is 2.26. The van der Waals surface area contributed by atoms with Crippen LogP contribution in [0.15, 0.2) is 53.4 Å². The van der Waals surface area contributed by atoms with E-state index in [0.29, 0.717) is 5.75 Å². The summed E-state index contributed by atoms with van der Waals surface area (Å²) >= 11 is 0. The van der Waals surface area contributed by atoms with Gasteiger partial charge in [0.15, 0.2) is 0 Å². The Kier molecular flexibility index (Phi) is 14.4. The summed E-state index contributed by atoms with van der Waals surface area (Å²) in [4.78, 5) is -0.246. The topological polar surface area (TPSA) is 66.4 Å². The minimum absolute atomic E-state index is 0. The second-order valence-electron chi connectivity index (χ2n) is 7.92. The zero-order valence-electron chi connectivity index (χ0n) is 19.1. The molecule has 0 aliphatic rings. The van der Waals surface area contributed by atoms with Gasteiger partial charge < -0.3 is 9.29 Å². The van der Waals surface area contributed by atoms with Gasteiger partial charge >= 0.3 is 29.6 Å². The van der Waals surface area contributed by atoms with Crippen molar-refractivity contribution in [3.63, 3.8) is 0 Å². The summed E-state index contributed by atoms with van der Waals surface area (Å²) in [7, 11) is -4.44. The SMILES string of the molecule is CCCCCCCCCCCCCc1ccccc1Oc1ccc(S(=O)(=O)[O-])cc1.[Na+]. The molecule has 2 rings (SSSR count). The van der Waals surface area contributed by atoms with Crippen molar-refractivity contribution in [1.29, 1.82) is 0 Å². The largest absolute Gasteiger partial charge is 1.00 e. The molecule has 0 fully saturated rings.